The van der Waals surface area contributed by atoms with Gasteiger partial charge in [-0.05, 0) is 12.8 Å². The lowest BCUT2D eigenvalue weighted by Gasteiger charge is -2.08. The first-order chi connectivity index (χ1) is 10.8. The highest BCUT2D eigenvalue weighted by atomic mass is 16.5. The van der Waals surface area contributed by atoms with Gasteiger partial charge in [-0.2, -0.15) is 0 Å². The van der Waals surface area contributed by atoms with Gasteiger partial charge in [0, 0.05) is 20.3 Å². The second-order valence-electron chi connectivity index (χ2n) is 5.25. The minimum atomic E-state index is -0.745. The second-order valence-corrected chi connectivity index (χ2v) is 5.25. The van der Waals surface area contributed by atoms with Crippen molar-refractivity contribution in [3.8, 4) is 0 Å². The van der Waals surface area contributed by atoms with Gasteiger partial charge in [0.2, 0.25) is 0 Å². The third-order valence-electron chi connectivity index (χ3n) is 3.15. The molecule has 6 heteroatoms. The Morgan fingerprint density at radius 2 is 1.18 bits per heavy atom. The fourth-order valence-corrected chi connectivity index (χ4v) is 1.85. The Balaban J connectivity index is 2.97. The van der Waals surface area contributed by atoms with E-state index in [1.165, 1.54) is 19.3 Å². The van der Waals surface area contributed by atoms with Gasteiger partial charge in [0.05, 0.1) is 39.6 Å². The standard InChI is InChI=1S/C16H34O6/c1-19-10-11-21-13-12-20-8-6-4-2-3-5-7-9-22-15-16(18)14-17/h16-18H,2-15H2,1H3/t16-/m1/s1. The monoisotopic (exact) mass is 322 g/mol. The van der Waals surface area contributed by atoms with E-state index in [0.29, 0.717) is 33.0 Å². The van der Waals surface area contributed by atoms with E-state index in [4.69, 9.17) is 29.2 Å². The molecule has 0 amide bonds. The van der Waals surface area contributed by atoms with Gasteiger partial charge in [-0.3, -0.25) is 0 Å². The van der Waals surface area contributed by atoms with Crippen LogP contribution in [-0.2, 0) is 18.9 Å². The topological polar surface area (TPSA) is 77.4 Å². The van der Waals surface area contributed by atoms with E-state index in [1.54, 1.807) is 7.11 Å². The van der Waals surface area contributed by atoms with Gasteiger partial charge in [-0.25, -0.2) is 0 Å². The molecule has 134 valence electrons. The first-order valence-corrected chi connectivity index (χ1v) is 8.32. The predicted octanol–water partition coefficient (Wildman–Crippen LogP) is 1.38. The van der Waals surface area contributed by atoms with Crippen molar-refractivity contribution in [2.24, 2.45) is 0 Å². The highest BCUT2D eigenvalue weighted by Gasteiger charge is 2.00. The maximum Gasteiger partial charge on any atom is 0.100 e. The zero-order chi connectivity index (χ0) is 16.3. The molecule has 0 aliphatic rings. The largest absolute Gasteiger partial charge is 0.394 e. The molecule has 6 nitrogen and oxygen atoms in total. The van der Waals surface area contributed by atoms with Gasteiger partial charge in [0.1, 0.15) is 6.10 Å². The van der Waals surface area contributed by atoms with Crippen LogP contribution in [0.4, 0.5) is 0 Å². The van der Waals surface area contributed by atoms with Crippen molar-refractivity contribution in [2.75, 3.05) is 60.0 Å². The number of rotatable bonds is 18. The normalized spacial score (nSPS) is 12.7. The number of ether oxygens (including phenoxy) is 4. The highest BCUT2D eigenvalue weighted by Crippen LogP contribution is 2.05. The molecule has 0 aromatic carbocycles. The summed E-state index contributed by atoms with van der Waals surface area (Å²) in [5.41, 5.74) is 0. The van der Waals surface area contributed by atoms with Crippen molar-refractivity contribution in [1.82, 2.24) is 0 Å². The lowest BCUT2D eigenvalue weighted by Crippen LogP contribution is -2.19. The Bertz CT molecular complexity index is 203. The van der Waals surface area contributed by atoms with Gasteiger partial charge in [0.15, 0.2) is 0 Å². The van der Waals surface area contributed by atoms with Crippen LogP contribution in [0.1, 0.15) is 38.5 Å². The van der Waals surface area contributed by atoms with Crippen LogP contribution in [0.2, 0.25) is 0 Å². The fourth-order valence-electron chi connectivity index (χ4n) is 1.85. The second kappa shape index (κ2) is 18.8. The summed E-state index contributed by atoms with van der Waals surface area (Å²) in [4.78, 5) is 0. The van der Waals surface area contributed by atoms with E-state index in [2.05, 4.69) is 0 Å². The molecule has 0 bridgehead atoms. The minimum absolute atomic E-state index is 0.225. The molecule has 22 heavy (non-hydrogen) atoms. The third-order valence-corrected chi connectivity index (χ3v) is 3.15. The van der Waals surface area contributed by atoms with Crippen LogP contribution in [0.3, 0.4) is 0 Å². The summed E-state index contributed by atoms with van der Waals surface area (Å²) in [6.45, 7) is 3.99. The molecule has 2 N–H and O–H groups in total. The van der Waals surface area contributed by atoms with Crippen molar-refractivity contribution in [3.05, 3.63) is 0 Å². The van der Waals surface area contributed by atoms with Crippen LogP contribution in [0, 0.1) is 0 Å². The number of unbranched alkanes of at least 4 members (excludes halogenated alkanes) is 5. The summed E-state index contributed by atoms with van der Waals surface area (Å²) in [5.74, 6) is 0. The molecule has 0 aromatic heterocycles. The van der Waals surface area contributed by atoms with Crippen LogP contribution >= 0.6 is 0 Å². The first kappa shape index (κ1) is 21.8. The van der Waals surface area contributed by atoms with Gasteiger partial charge in [-0.1, -0.05) is 25.7 Å². The molecule has 0 aliphatic carbocycles. The lowest BCUT2D eigenvalue weighted by molar-refractivity contribution is 0.00524. The summed E-state index contributed by atoms with van der Waals surface area (Å²) >= 11 is 0. The molecular formula is C16H34O6. The summed E-state index contributed by atoms with van der Waals surface area (Å²) in [7, 11) is 1.66. The van der Waals surface area contributed by atoms with Crippen molar-refractivity contribution in [1.29, 1.82) is 0 Å². The van der Waals surface area contributed by atoms with Crippen molar-refractivity contribution < 1.29 is 29.2 Å². The molecule has 0 saturated carbocycles. The van der Waals surface area contributed by atoms with E-state index in [9.17, 15) is 0 Å². The van der Waals surface area contributed by atoms with E-state index >= 15 is 0 Å². The Morgan fingerprint density at radius 1 is 0.682 bits per heavy atom. The van der Waals surface area contributed by atoms with Crippen molar-refractivity contribution in [3.63, 3.8) is 0 Å². The van der Waals surface area contributed by atoms with E-state index in [-0.39, 0.29) is 13.2 Å². The molecule has 0 saturated heterocycles. The molecular weight excluding hydrogens is 288 g/mol. The summed E-state index contributed by atoms with van der Waals surface area (Å²) < 4.78 is 20.9. The van der Waals surface area contributed by atoms with Gasteiger partial charge in [0.25, 0.3) is 0 Å². The molecule has 0 aliphatic heterocycles. The number of hydrogen-bond donors (Lipinski definition) is 2. The summed E-state index contributed by atoms with van der Waals surface area (Å²) in [5, 5.41) is 17.7. The smallest absolute Gasteiger partial charge is 0.100 e. The Morgan fingerprint density at radius 3 is 1.77 bits per heavy atom. The van der Waals surface area contributed by atoms with Crippen LogP contribution < -0.4 is 0 Å². The zero-order valence-electron chi connectivity index (χ0n) is 14.0. The third kappa shape index (κ3) is 17.8. The van der Waals surface area contributed by atoms with E-state index in [0.717, 1.165) is 25.9 Å². The Hall–Kier alpha value is -0.240. The quantitative estimate of drug-likeness (QED) is 0.371. The van der Waals surface area contributed by atoms with Crippen LogP contribution in [0.5, 0.6) is 0 Å². The Kier molecular flexibility index (Phi) is 18.6. The molecule has 0 aromatic rings. The summed E-state index contributed by atoms with van der Waals surface area (Å²) in [6.07, 6.45) is 6.10. The maximum absolute atomic E-state index is 9.07. The molecule has 0 spiro atoms. The number of aliphatic hydroxyl groups is 2. The number of hydrogen-bond acceptors (Lipinski definition) is 6. The average Bonchev–Trinajstić information content (AvgIpc) is 2.54. The SMILES string of the molecule is COCCOCCOCCCCCCCCOC[C@H](O)CO. The highest BCUT2D eigenvalue weighted by molar-refractivity contribution is 4.50. The molecule has 0 rings (SSSR count). The van der Waals surface area contributed by atoms with Gasteiger partial charge < -0.3 is 29.2 Å². The zero-order valence-corrected chi connectivity index (χ0v) is 14.0. The maximum atomic E-state index is 9.07. The van der Waals surface area contributed by atoms with Crippen molar-refractivity contribution in [2.45, 2.75) is 44.6 Å². The predicted molar refractivity (Wildman–Crippen MR) is 85.1 cm³/mol. The Labute approximate surface area is 134 Å². The van der Waals surface area contributed by atoms with E-state index < -0.39 is 6.10 Å². The fraction of sp³-hybridized carbons (Fsp3) is 1.00. The van der Waals surface area contributed by atoms with Gasteiger partial charge in [-0.15, -0.1) is 0 Å². The molecule has 0 fully saturated rings. The van der Waals surface area contributed by atoms with Crippen LogP contribution in [0.25, 0.3) is 0 Å². The van der Waals surface area contributed by atoms with Crippen LogP contribution in [0.15, 0.2) is 0 Å². The molecule has 0 heterocycles. The van der Waals surface area contributed by atoms with Gasteiger partial charge >= 0.3 is 0 Å². The average molecular weight is 322 g/mol. The number of aliphatic hydroxyl groups excluding tert-OH is 2. The minimum Gasteiger partial charge on any atom is -0.394 e. The molecule has 0 unspecified atom stereocenters. The molecule has 1 atom stereocenters. The van der Waals surface area contributed by atoms with Crippen molar-refractivity contribution >= 4 is 0 Å². The lowest BCUT2D eigenvalue weighted by atomic mass is 10.1. The summed E-state index contributed by atoms with van der Waals surface area (Å²) in [6, 6.07) is 0. The van der Waals surface area contributed by atoms with E-state index in [1.807, 2.05) is 0 Å². The molecule has 0 radical (unpaired) electrons. The first-order valence-electron chi connectivity index (χ1n) is 8.32. The van der Waals surface area contributed by atoms with Crippen LogP contribution in [-0.4, -0.2) is 76.3 Å². The number of methoxy groups -OCH3 is 1.